The molecule has 0 radical (unpaired) electrons. The Morgan fingerprint density at radius 3 is 2.65 bits per heavy atom. The van der Waals surface area contributed by atoms with Gasteiger partial charge in [0.25, 0.3) is 0 Å². The predicted octanol–water partition coefficient (Wildman–Crippen LogP) is 5.61. The number of halogens is 3. The lowest BCUT2D eigenvalue weighted by Gasteiger charge is -2.07. The van der Waals surface area contributed by atoms with Crippen molar-refractivity contribution in [1.29, 1.82) is 0 Å². The predicted molar refractivity (Wildman–Crippen MR) is 91.6 cm³/mol. The van der Waals surface area contributed by atoms with Crippen LogP contribution in [0.4, 0.5) is 13.2 Å². The summed E-state index contributed by atoms with van der Waals surface area (Å²) in [7, 11) is 0. The number of benzene rings is 2. The van der Waals surface area contributed by atoms with Gasteiger partial charge in [-0.25, -0.2) is 0 Å². The van der Waals surface area contributed by atoms with Crippen molar-refractivity contribution < 1.29 is 27.1 Å². The third-order valence-electron chi connectivity index (χ3n) is 3.98. The average molecular weight is 362 g/mol. The molecule has 1 aromatic heterocycles. The average Bonchev–Trinajstić information content (AvgIpc) is 3.03. The van der Waals surface area contributed by atoms with Crippen molar-refractivity contribution >= 4 is 16.9 Å². The number of aryl methyl sites for hydroxylation is 1. The number of hydrogen-bond donors (Lipinski definition) is 0. The molecule has 0 amide bonds. The Bertz CT molecular complexity index is 925. The van der Waals surface area contributed by atoms with E-state index in [9.17, 15) is 18.0 Å². The van der Waals surface area contributed by atoms with Crippen LogP contribution in [0.2, 0.25) is 0 Å². The number of ether oxygens (including phenoxy) is 1. The molecule has 0 unspecified atom stereocenters. The van der Waals surface area contributed by atoms with E-state index in [1.807, 2.05) is 12.1 Å². The number of rotatable bonds is 5. The van der Waals surface area contributed by atoms with Crippen LogP contribution in [0.25, 0.3) is 22.3 Å². The molecular formula is C20H17F3O3. The molecule has 6 heteroatoms. The highest BCUT2D eigenvalue weighted by molar-refractivity contribution is 5.83. The Labute approximate surface area is 148 Å². The molecule has 26 heavy (non-hydrogen) atoms. The van der Waals surface area contributed by atoms with Gasteiger partial charge < -0.3 is 9.15 Å². The molecule has 0 aliphatic rings. The first-order valence-electron chi connectivity index (χ1n) is 8.22. The zero-order valence-electron chi connectivity index (χ0n) is 14.1. The summed E-state index contributed by atoms with van der Waals surface area (Å²) in [6.45, 7) is 2.10. The van der Waals surface area contributed by atoms with Gasteiger partial charge in [0, 0.05) is 17.4 Å². The van der Waals surface area contributed by atoms with Crippen molar-refractivity contribution in [2.45, 2.75) is 25.9 Å². The largest absolute Gasteiger partial charge is 0.466 e. The lowest BCUT2D eigenvalue weighted by atomic mass is 10.1. The molecule has 0 fully saturated rings. The third-order valence-corrected chi connectivity index (χ3v) is 3.98. The second-order valence-electron chi connectivity index (χ2n) is 5.87. The summed E-state index contributed by atoms with van der Waals surface area (Å²) >= 11 is 0. The van der Waals surface area contributed by atoms with Gasteiger partial charge in [0.15, 0.2) is 0 Å². The van der Waals surface area contributed by atoms with E-state index >= 15 is 0 Å². The molecule has 3 aromatic rings. The van der Waals surface area contributed by atoms with Gasteiger partial charge in [-0.3, -0.25) is 4.79 Å². The summed E-state index contributed by atoms with van der Waals surface area (Å²) in [6, 6.07) is 12.2. The van der Waals surface area contributed by atoms with E-state index in [0.717, 1.165) is 23.1 Å². The van der Waals surface area contributed by atoms with Crippen LogP contribution < -0.4 is 0 Å². The molecule has 2 aromatic carbocycles. The van der Waals surface area contributed by atoms with Crippen LogP contribution in [0.1, 0.15) is 24.5 Å². The van der Waals surface area contributed by atoms with E-state index in [1.54, 1.807) is 25.1 Å². The maximum atomic E-state index is 12.9. The summed E-state index contributed by atoms with van der Waals surface area (Å²) in [5, 5.41) is 0.777. The number of hydrogen-bond acceptors (Lipinski definition) is 3. The monoisotopic (exact) mass is 362 g/mol. The van der Waals surface area contributed by atoms with Crippen LogP contribution in [0.15, 0.2) is 52.9 Å². The summed E-state index contributed by atoms with van der Waals surface area (Å²) in [5.74, 6) is 0.109. The molecule has 0 saturated heterocycles. The first-order chi connectivity index (χ1) is 12.4. The Hall–Kier alpha value is -2.76. The lowest BCUT2D eigenvalue weighted by molar-refractivity contribution is -0.143. The highest BCUT2D eigenvalue weighted by atomic mass is 19.4. The molecule has 0 aliphatic carbocycles. The number of furan rings is 1. The van der Waals surface area contributed by atoms with Crippen molar-refractivity contribution in [1.82, 2.24) is 0 Å². The van der Waals surface area contributed by atoms with Gasteiger partial charge in [0.05, 0.1) is 12.2 Å². The number of carbonyl (C=O) groups excluding carboxylic acids is 1. The summed E-state index contributed by atoms with van der Waals surface area (Å²) < 4.78 is 49.2. The van der Waals surface area contributed by atoms with E-state index in [1.165, 1.54) is 6.07 Å². The van der Waals surface area contributed by atoms with E-state index in [0.29, 0.717) is 29.9 Å². The summed E-state index contributed by atoms with van der Waals surface area (Å²) in [4.78, 5) is 11.4. The van der Waals surface area contributed by atoms with Gasteiger partial charge >= 0.3 is 12.1 Å². The van der Waals surface area contributed by atoms with Crippen LogP contribution in [0.5, 0.6) is 0 Å². The minimum Gasteiger partial charge on any atom is -0.466 e. The molecule has 0 bridgehead atoms. The maximum absolute atomic E-state index is 12.9. The zero-order valence-corrected chi connectivity index (χ0v) is 14.1. The van der Waals surface area contributed by atoms with E-state index in [4.69, 9.17) is 9.15 Å². The second-order valence-corrected chi connectivity index (χ2v) is 5.87. The standard InChI is InChI=1S/C20H17F3O3/c1-2-25-19(24)9-7-13-6-8-17-15(10-13)12-18(26-17)14-4-3-5-16(11-14)20(21,22)23/h3-6,8,10-12H,2,7,9H2,1H3. The van der Waals surface area contributed by atoms with Crippen molar-refractivity contribution in [2.75, 3.05) is 6.61 Å². The first kappa shape index (κ1) is 18.0. The van der Waals surface area contributed by atoms with E-state index < -0.39 is 11.7 Å². The van der Waals surface area contributed by atoms with Gasteiger partial charge in [-0.15, -0.1) is 0 Å². The minimum absolute atomic E-state index is 0.260. The fourth-order valence-electron chi connectivity index (χ4n) is 2.72. The van der Waals surface area contributed by atoms with Crippen molar-refractivity contribution in [3.8, 4) is 11.3 Å². The molecule has 3 rings (SSSR count). The fourth-order valence-corrected chi connectivity index (χ4v) is 2.72. The third kappa shape index (κ3) is 4.07. The minimum atomic E-state index is -4.40. The number of carbonyl (C=O) groups is 1. The van der Waals surface area contributed by atoms with E-state index in [2.05, 4.69) is 0 Å². The maximum Gasteiger partial charge on any atom is 0.416 e. The Kier molecular flexibility index (Phi) is 5.02. The molecule has 0 atom stereocenters. The van der Waals surface area contributed by atoms with Crippen molar-refractivity contribution in [3.05, 3.63) is 59.7 Å². The Morgan fingerprint density at radius 2 is 1.92 bits per heavy atom. The van der Waals surface area contributed by atoms with Gasteiger partial charge in [0.1, 0.15) is 11.3 Å². The summed E-state index contributed by atoms with van der Waals surface area (Å²) in [5.41, 5.74) is 1.16. The van der Waals surface area contributed by atoms with Crippen molar-refractivity contribution in [2.24, 2.45) is 0 Å². The summed E-state index contributed by atoms with van der Waals surface area (Å²) in [6.07, 6.45) is -3.60. The molecule has 0 aliphatic heterocycles. The molecular weight excluding hydrogens is 345 g/mol. The van der Waals surface area contributed by atoms with Gasteiger partial charge in [-0.2, -0.15) is 13.2 Å². The highest BCUT2D eigenvalue weighted by Crippen LogP contribution is 2.34. The van der Waals surface area contributed by atoms with Gasteiger partial charge in [-0.1, -0.05) is 18.2 Å². The zero-order chi connectivity index (χ0) is 18.7. The van der Waals surface area contributed by atoms with Crippen LogP contribution in [-0.2, 0) is 22.1 Å². The van der Waals surface area contributed by atoms with Gasteiger partial charge in [-0.05, 0) is 49.2 Å². The second kappa shape index (κ2) is 7.23. The SMILES string of the molecule is CCOC(=O)CCc1ccc2oc(-c3cccc(C(F)(F)F)c3)cc2c1. The highest BCUT2D eigenvalue weighted by Gasteiger charge is 2.30. The normalized spacial score (nSPS) is 11.7. The van der Waals surface area contributed by atoms with Crippen LogP contribution in [-0.4, -0.2) is 12.6 Å². The smallest absolute Gasteiger partial charge is 0.416 e. The molecule has 0 spiro atoms. The molecule has 0 saturated carbocycles. The lowest BCUT2D eigenvalue weighted by Crippen LogP contribution is -2.04. The molecule has 1 heterocycles. The van der Waals surface area contributed by atoms with Crippen LogP contribution >= 0.6 is 0 Å². The quantitative estimate of drug-likeness (QED) is 0.554. The topological polar surface area (TPSA) is 39.4 Å². The molecule has 136 valence electrons. The number of esters is 1. The molecule has 3 nitrogen and oxygen atoms in total. The van der Waals surface area contributed by atoms with Crippen molar-refractivity contribution in [3.63, 3.8) is 0 Å². The number of alkyl halides is 3. The van der Waals surface area contributed by atoms with E-state index in [-0.39, 0.29) is 12.4 Å². The first-order valence-corrected chi connectivity index (χ1v) is 8.22. The number of fused-ring (bicyclic) bond motifs is 1. The Morgan fingerprint density at radius 1 is 1.12 bits per heavy atom. The van der Waals surface area contributed by atoms with Crippen LogP contribution in [0, 0.1) is 0 Å². The Balaban J connectivity index is 1.85. The van der Waals surface area contributed by atoms with Gasteiger partial charge in [0.2, 0.25) is 0 Å². The van der Waals surface area contributed by atoms with Crippen LogP contribution in [0.3, 0.4) is 0 Å². The molecule has 0 N–H and O–H groups in total. The fraction of sp³-hybridized carbons (Fsp3) is 0.250.